The average molecular weight is 133 g/mol. The lowest BCUT2D eigenvalue weighted by Crippen LogP contribution is -2.64. The van der Waals surface area contributed by atoms with Crippen molar-refractivity contribution in [1.29, 1.82) is 0 Å². The van der Waals surface area contributed by atoms with Crippen LogP contribution < -0.4 is 17.2 Å². The Hall–Kier alpha value is -0.650. The van der Waals surface area contributed by atoms with Crippen LogP contribution in [0, 0.1) is 0 Å². The van der Waals surface area contributed by atoms with Crippen molar-refractivity contribution in [2.75, 3.05) is 6.61 Å². The fraction of sp³-hybridized carbons (Fsp3) is 0.750. The molecule has 0 aromatic heterocycles. The van der Waals surface area contributed by atoms with E-state index >= 15 is 0 Å². The summed E-state index contributed by atoms with van der Waals surface area (Å²) in [6, 6.07) is 0. The van der Waals surface area contributed by atoms with Gasteiger partial charge in [0.05, 0.1) is 6.61 Å². The molecule has 5 nitrogen and oxygen atoms in total. The van der Waals surface area contributed by atoms with Crippen LogP contribution in [-0.2, 0) is 9.53 Å². The highest BCUT2D eigenvalue weighted by Gasteiger charge is 2.24. The van der Waals surface area contributed by atoms with Crippen molar-refractivity contribution in [3.63, 3.8) is 0 Å². The lowest BCUT2D eigenvalue weighted by atomic mass is 10.4. The first kappa shape index (κ1) is 8.35. The minimum atomic E-state index is -1.85. The normalized spacial score (nSPS) is 11.1. The molecule has 0 rings (SSSR count). The number of hydrogen-bond acceptors (Lipinski definition) is 5. The molecule has 0 aliphatic heterocycles. The predicted molar refractivity (Wildman–Crippen MR) is 31.9 cm³/mol. The second kappa shape index (κ2) is 2.77. The molecule has 6 N–H and O–H groups in total. The fourth-order valence-electron chi connectivity index (χ4n) is 0.256. The lowest BCUT2D eigenvalue weighted by Gasteiger charge is -2.14. The van der Waals surface area contributed by atoms with Gasteiger partial charge in [0.25, 0.3) is 0 Å². The molecule has 0 atom stereocenters. The smallest absolute Gasteiger partial charge is 0.356 e. The highest BCUT2D eigenvalue weighted by Crippen LogP contribution is 1.83. The van der Waals surface area contributed by atoms with E-state index in [1.165, 1.54) is 0 Å². The van der Waals surface area contributed by atoms with Gasteiger partial charge in [0.1, 0.15) is 0 Å². The van der Waals surface area contributed by atoms with Crippen LogP contribution in [0.25, 0.3) is 0 Å². The lowest BCUT2D eigenvalue weighted by molar-refractivity contribution is -0.149. The molecule has 54 valence electrons. The van der Waals surface area contributed by atoms with Gasteiger partial charge >= 0.3 is 5.97 Å². The van der Waals surface area contributed by atoms with Gasteiger partial charge in [-0.15, -0.1) is 0 Å². The number of hydrogen-bond donors (Lipinski definition) is 3. The Bertz CT molecular complexity index is 107. The third kappa shape index (κ3) is 3.02. The van der Waals surface area contributed by atoms with E-state index in [9.17, 15) is 4.79 Å². The van der Waals surface area contributed by atoms with E-state index < -0.39 is 11.8 Å². The molecule has 5 heteroatoms. The third-order valence-corrected chi connectivity index (χ3v) is 0.629. The summed E-state index contributed by atoms with van der Waals surface area (Å²) in [6.45, 7) is 1.87. The van der Waals surface area contributed by atoms with Crippen LogP contribution in [0.3, 0.4) is 0 Å². The molecule has 0 aromatic carbocycles. The molecule has 0 fully saturated rings. The molecule has 0 unspecified atom stereocenters. The molecule has 0 aliphatic rings. The average Bonchev–Trinajstić information content (AvgIpc) is 1.64. The van der Waals surface area contributed by atoms with Crippen LogP contribution in [0.5, 0.6) is 0 Å². The van der Waals surface area contributed by atoms with E-state index in [-0.39, 0.29) is 6.61 Å². The number of rotatable bonds is 2. The Morgan fingerprint density at radius 2 is 2.00 bits per heavy atom. The fourth-order valence-corrected chi connectivity index (χ4v) is 0.256. The molecule has 0 bridgehead atoms. The highest BCUT2D eigenvalue weighted by atomic mass is 16.5. The summed E-state index contributed by atoms with van der Waals surface area (Å²) in [5.41, 5.74) is 14.8. The Labute approximate surface area is 53.1 Å². The largest absolute Gasteiger partial charge is 0.463 e. The van der Waals surface area contributed by atoms with Gasteiger partial charge < -0.3 is 4.74 Å². The van der Waals surface area contributed by atoms with Crippen molar-refractivity contribution in [3.8, 4) is 0 Å². The van der Waals surface area contributed by atoms with Crippen molar-refractivity contribution in [3.05, 3.63) is 0 Å². The van der Waals surface area contributed by atoms with Gasteiger partial charge in [-0.2, -0.15) is 0 Å². The molecular formula is C4H11N3O2. The first-order chi connectivity index (χ1) is 3.98. The Morgan fingerprint density at radius 3 is 2.11 bits per heavy atom. The van der Waals surface area contributed by atoms with Crippen molar-refractivity contribution < 1.29 is 9.53 Å². The number of carbonyl (C=O) groups is 1. The van der Waals surface area contributed by atoms with Crippen molar-refractivity contribution >= 4 is 5.97 Å². The van der Waals surface area contributed by atoms with Crippen molar-refractivity contribution in [2.45, 2.75) is 12.7 Å². The summed E-state index contributed by atoms with van der Waals surface area (Å²) in [4.78, 5) is 10.5. The topological polar surface area (TPSA) is 104 Å². The molecule has 0 aromatic rings. The molecule has 0 radical (unpaired) electrons. The van der Waals surface area contributed by atoms with Gasteiger partial charge in [0.15, 0.2) is 0 Å². The Kier molecular flexibility index (Phi) is 2.57. The maximum atomic E-state index is 10.5. The van der Waals surface area contributed by atoms with Crippen molar-refractivity contribution in [1.82, 2.24) is 0 Å². The molecule has 0 saturated carbocycles. The van der Waals surface area contributed by atoms with Crippen LogP contribution in [-0.4, -0.2) is 18.4 Å². The van der Waals surface area contributed by atoms with E-state index in [1.54, 1.807) is 6.92 Å². The standard InChI is InChI=1S/C4H11N3O2/c1-2-9-3(8)4(5,6)7/h2,5-7H2,1H3. The van der Waals surface area contributed by atoms with Crippen LogP contribution in [0.15, 0.2) is 0 Å². The van der Waals surface area contributed by atoms with Crippen LogP contribution in [0.2, 0.25) is 0 Å². The monoisotopic (exact) mass is 133 g/mol. The molecule has 0 spiro atoms. The van der Waals surface area contributed by atoms with Gasteiger partial charge in [0, 0.05) is 0 Å². The molecule has 9 heavy (non-hydrogen) atoms. The van der Waals surface area contributed by atoms with Gasteiger partial charge in [-0.25, -0.2) is 4.79 Å². The van der Waals surface area contributed by atoms with Crippen molar-refractivity contribution in [2.24, 2.45) is 17.2 Å². The third-order valence-electron chi connectivity index (χ3n) is 0.629. The quantitative estimate of drug-likeness (QED) is 0.301. The molecule has 0 amide bonds. The summed E-state index contributed by atoms with van der Waals surface area (Å²) >= 11 is 0. The number of carbonyl (C=O) groups excluding carboxylic acids is 1. The van der Waals surface area contributed by atoms with Gasteiger partial charge in [0.2, 0.25) is 5.79 Å². The molecule has 0 aliphatic carbocycles. The number of nitrogens with two attached hydrogens (primary N) is 3. The predicted octanol–water partition coefficient (Wildman–Crippen LogP) is -1.92. The summed E-state index contributed by atoms with van der Waals surface area (Å²) in [5, 5.41) is 0. The Morgan fingerprint density at radius 1 is 1.56 bits per heavy atom. The Balaban J connectivity index is 3.74. The van der Waals surface area contributed by atoms with Gasteiger partial charge in [-0.1, -0.05) is 0 Å². The second-order valence-electron chi connectivity index (χ2n) is 1.65. The van der Waals surface area contributed by atoms with Crippen LogP contribution in [0.1, 0.15) is 6.92 Å². The van der Waals surface area contributed by atoms with E-state index in [2.05, 4.69) is 4.74 Å². The van der Waals surface area contributed by atoms with Gasteiger partial charge in [-0.05, 0) is 6.92 Å². The molecule has 0 heterocycles. The maximum Gasteiger partial charge on any atom is 0.356 e. The zero-order chi connectivity index (χ0) is 7.49. The highest BCUT2D eigenvalue weighted by molar-refractivity contribution is 5.78. The SMILES string of the molecule is CCOC(=O)C(N)(N)N. The summed E-state index contributed by atoms with van der Waals surface area (Å²) in [7, 11) is 0. The second-order valence-corrected chi connectivity index (χ2v) is 1.65. The van der Waals surface area contributed by atoms with Crippen LogP contribution >= 0.6 is 0 Å². The van der Waals surface area contributed by atoms with Crippen LogP contribution in [0.4, 0.5) is 0 Å². The number of ether oxygens (including phenoxy) is 1. The molecule has 0 saturated heterocycles. The first-order valence-electron chi connectivity index (χ1n) is 2.52. The van der Waals surface area contributed by atoms with E-state index in [0.29, 0.717) is 0 Å². The minimum absolute atomic E-state index is 0.228. The van der Waals surface area contributed by atoms with Gasteiger partial charge in [-0.3, -0.25) is 17.2 Å². The van der Waals surface area contributed by atoms with E-state index in [4.69, 9.17) is 17.2 Å². The van der Waals surface area contributed by atoms with E-state index in [0.717, 1.165) is 0 Å². The zero-order valence-corrected chi connectivity index (χ0v) is 5.26. The summed E-state index contributed by atoms with van der Waals surface area (Å²) in [5.74, 6) is -2.65. The summed E-state index contributed by atoms with van der Waals surface area (Å²) < 4.78 is 4.39. The molecular weight excluding hydrogens is 122 g/mol. The summed E-state index contributed by atoms with van der Waals surface area (Å²) in [6.07, 6.45) is 0. The minimum Gasteiger partial charge on any atom is -0.463 e. The first-order valence-corrected chi connectivity index (χ1v) is 2.52. The zero-order valence-electron chi connectivity index (χ0n) is 5.26. The van der Waals surface area contributed by atoms with E-state index in [1.807, 2.05) is 0 Å². The number of esters is 1. The maximum absolute atomic E-state index is 10.5.